The third kappa shape index (κ3) is 2.82. The quantitative estimate of drug-likeness (QED) is 0.678. The van der Waals surface area contributed by atoms with Crippen LogP contribution >= 0.6 is 0 Å². The number of nitrogens with zero attached hydrogens (tertiary/aromatic N) is 2. The fraction of sp³-hybridized carbons (Fsp3) is 0.222. The van der Waals surface area contributed by atoms with Gasteiger partial charge in [0.05, 0.1) is 12.2 Å². The van der Waals surface area contributed by atoms with Crippen LogP contribution in [0.25, 0.3) is 17.1 Å². The lowest BCUT2D eigenvalue weighted by Gasteiger charge is -2.09. The molecular formula is C18H17FN2O3. The average Bonchev–Trinajstić information content (AvgIpc) is 3.14. The molecule has 1 aromatic carbocycles. The Hall–Kier alpha value is -2.89. The molecule has 0 saturated heterocycles. The molecule has 0 aliphatic rings. The Labute approximate surface area is 138 Å². The van der Waals surface area contributed by atoms with Gasteiger partial charge in [0.2, 0.25) is 5.89 Å². The highest BCUT2D eigenvalue weighted by atomic mass is 19.1. The van der Waals surface area contributed by atoms with Gasteiger partial charge < -0.3 is 13.7 Å². The number of aryl methyl sites for hydroxylation is 1. The number of halogens is 1. The molecule has 3 aromatic rings. The number of carbonyl (C=O) groups is 1. The molecule has 0 radical (unpaired) electrons. The van der Waals surface area contributed by atoms with Crippen molar-refractivity contribution >= 4 is 5.97 Å². The fourth-order valence-electron chi connectivity index (χ4n) is 2.66. The van der Waals surface area contributed by atoms with E-state index in [-0.39, 0.29) is 18.1 Å². The molecule has 5 nitrogen and oxygen atoms in total. The van der Waals surface area contributed by atoms with E-state index in [1.807, 2.05) is 24.5 Å². The zero-order valence-corrected chi connectivity index (χ0v) is 13.7. The van der Waals surface area contributed by atoms with Crippen LogP contribution in [0.15, 0.2) is 41.0 Å². The zero-order chi connectivity index (χ0) is 17.3. The van der Waals surface area contributed by atoms with Gasteiger partial charge in [0, 0.05) is 17.1 Å². The monoisotopic (exact) mass is 328 g/mol. The molecule has 2 aromatic heterocycles. The number of carbonyl (C=O) groups excluding carboxylic acids is 1. The summed E-state index contributed by atoms with van der Waals surface area (Å²) in [6.45, 7) is 5.87. The lowest BCUT2D eigenvalue weighted by molar-refractivity contribution is 0.0519. The molecule has 0 fully saturated rings. The van der Waals surface area contributed by atoms with E-state index in [1.165, 1.54) is 18.4 Å². The molecule has 0 amide bonds. The third-order valence-corrected chi connectivity index (χ3v) is 3.74. The molecule has 0 N–H and O–H groups in total. The first-order valence-electron chi connectivity index (χ1n) is 7.59. The van der Waals surface area contributed by atoms with Gasteiger partial charge in [-0.25, -0.2) is 14.2 Å². The fourth-order valence-corrected chi connectivity index (χ4v) is 2.66. The summed E-state index contributed by atoms with van der Waals surface area (Å²) in [6, 6.07) is 8.16. The number of hydrogen-bond donors (Lipinski definition) is 0. The maximum atomic E-state index is 13.1. The second-order valence-electron chi connectivity index (χ2n) is 5.36. The van der Waals surface area contributed by atoms with Crippen molar-refractivity contribution in [2.75, 3.05) is 6.61 Å². The Morgan fingerprint density at radius 3 is 2.67 bits per heavy atom. The van der Waals surface area contributed by atoms with E-state index in [9.17, 15) is 9.18 Å². The van der Waals surface area contributed by atoms with Gasteiger partial charge in [-0.1, -0.05) is 0 Å². The molecule has 0 saturated carbocycles. The van der Waals surface area contributed by atoms with Crippen molar-refractivity contribution in [2.45, 2.75) is 20.8 Å². The number of oxazole rings is 1. The SMILES string of the molecule is CCOC(=O)c1coc(-c2cc(C)n(-c3ccc(F)cc3)c2C)n1. The summed E-state index contributed by atoms with van der Waals surface area (Å²) in [6.07, 6.45) is 1.29. The van der Waals surface area contributed by atoms with Gasteiger partial charge in [0.15, 0.2) is 5.69 Å². The highest BCUT2D eigenvalue weighted by molar-refractivity contribution is 5.87. The first kappa shape index (κ1) is 16.0. The van der Waals surface area contributed by atoms with Gasteiger partial charge in [0.25, 0.3) is 0 Å². The number of rotatable bonds is 4. The van der Waals surface area contributed by atoms with Crippen LogP contribution in [0.5, 0.6) is 0 Å². The number of esters is 1. The van der Waals surface area contributed by atoms with Gasteiger partial charge in [-0.3, -0.25) is 0 Å². The lowest BCUT2D eigenvalue weighted by Crippen LogP contribution is -2.04. The molecule has 0 atom stereocenters. The van der Waals surface area contributed by atoms with Crippen LogP contribution < -0.4 is 0 Å². The van der Waals surface area contributed by atoms with Crippen LogP contribution in [0.2, 0.25) is 0 Å². The van der Waals surface area contributed by atoms with Crippen molar-refractivity contribution in [3.63, 3.8) is 0 Å². The molecule has 0 unspecified atom stereocenters. The predicted octanol–water partition coefficient (Wildman–Crippen LogP) is 4.06. The highest BCUT2D eigenvalue weighted by Gasteiger charge is 2.19. The summed E-state index contributed by atoms with van der Waals surface area (Å²) < 4.78 is 25.5. The minimum atomic E-state index is -0.514. The number of benzene rings is 1. The summed E-state index contributed by atoms with van der Waals surface area (Å²) in [7, 11) is 0. The minimum absolute atomic E-state index is 0.137. The van der Waals surface area contributed by atoms with Crippen molar-refractivity contribution < 1.29 is 18.3 Å². The Morgan fingerprint density at radius 1 is 1.29 bits per heavy atom. The normalized spacial score (nSPS) is 10.8. The number of aromatic nitrogens is 2. The smallest absolute Gasteiger partial charge is 0.360 e. The van der Waals surface area contributed by atoms with Crippen molar-refractivity contribution in [3.8, 4) is 17.1 Å². The van der Waals surface area contributed by atoms with Crippen LogP contribution in [-0.2, 0) is 4.74 Å². The standard InChI is InChI=1S/C18H17FN2O3/c1-4-23-18(22)16-10-24-17(20-16)15-9-11(2)21(12(15)3)14-7-5-13(19)6-8-14/h5-10H,4H2,1-3H3. The first-order valence-corrected chi connectivity index (χ1v) is 7.59. The van der Waals surface area contributed by atoms with Crippen molar-refractivity contribution in [3.05, 3.63) is 59.5 Å². The lowest BCUT2D eigenvalue weighted by atomic mass is 10.2. The molecule has 24 heavy (non-hydrogen) atoms. The first-order chi connectivity index (χ1) is 11.5. The van der Waals surface area contributed by atoms with Gasteiger partial charge in [-0.2, -0.15) is 0 Å². The average molecular weight is 328 g/mol. The summed E-state index contributed by atoms with van der Waals surface area (Å²) in [4.78, 5) is 15.9. The number of hydrogen-bond acceptors (Lipinski definition) is 4. The van der Waals surface area contributed by atoms with Crippen LogP contribution in [0.4, 0.5) is 4.39 Å². The Balaban J connectivity index is 2.00. The molecule has 2 heterocycles. The Bertz CT molecular complexity index is 878. The van der Waals surface area contributed by atoms with Crippen molar-refractivity contribution in [1.82, 2.24) is 9.55 Å². The van der Waals surface area contributed by atoms with Gasteiger partial charge in [-0.05, 0) is 51.1 Å². The molecule has 0 bridgehead atoms. The summed E-state index contributed by atoms with van der Waals surface area (Å²) >= 11 is 0. The second kappa shape index (κ2) is 6.31. The van der Waals surface area contributed by atoms with Gasteiger partial charge >= 0.3 is 5.97 Å². The molecule has 0 aliphatic carbocycles. The van der Waals surface area contributed by atoms with Gasteiger partial charge in [0.1, 0.15) is 12.1 Å². The van der Waals surface area contributed by atoms with Crippen LogP contribution in [0, 0.1) is 19.7 Å². The molecule has 124 valence electrons. The summed E-state index contributed by atoms with van der Waals surface area (Å²) in [5, 5.41) is 0. The molecule has 0 aliphatic heterocycles. The molecule has 3 rings (SSSR count). The van der Waals surface area contributed by atoms with E-state index in [1.54, 1.807) is 19.1 Å². The second-order valence-corrected chi connectivity index (χ2v) is 5.36. The van der Waals surface area contributed by atoms with Crippen molar-refractivity contribution in [2.24, 2.45) is 0 Å². The molecule has 0 spiro atoms. The minimum Gasteiger partial charge on any atom is -0.461 e. The van der Waals surface area contributed by atoms with E-state index < -0.39 is 5.97 Å². The van der Waals surface area contributed by atoms with E-state index in [2.05, 4.69) is 4.98 Å². The van der Waals surface area contributed by atoms with E-state index in [0.29, 0.717) is 5.89 Å². The zero-order valence-electron chi connectivity index (χ0n) is 13.7. The molecular weight excluding hydrogens is 311 g/mol. The summed E-state index contributed by atoms with van der Waals surface area (Å²) in [5.41, 5.74) is 3.59. The van der Waals surface area contributed by atoms with E-state index >= 15 is 0 Å². The van der Waals surface area contributed by atoms with E-state index in [0.717, 1.165) is 22.6 Å². The predicted molar refractivity (Wildman–Crippen MR) is 86.7 cm³/mol. The third-order valence-electron chi connectivity index (χ3n) is 3.74. The van der Waals surface area contributed by atoms with Gasteiger partial charge in [-0.15, -0.1) is 0 Å². The van der Waals surface area contributed by atoms with Crippen LogP contribution in [0.1, 0.15) is 28.8 Å². The Morgan fingerprint density at radius 2 is 2.00 bits per heavy atom. The number of ether oxygens (including phenoxy) is 1. The largest absolute Gasteiger partial charge is 0.461 e. The van der Waals surface area contributed by atoms with Crippen LogP contribution in [-0.4, -0.2) is 22.1 Å². The van der Waals surface area contributed by atoms with E-state index in [4.69, 9.17) is 9.15 Å². The topological polar surface area (TPSA) is 57.3 Å². The Kier molecular flexibility index (Phi) is 4.20. The van der Waals surface area contributed by atoms with Crippen LogP contribution in [0.3, 0.4) is 0 Å². The maximum absolute atomic E-state index is 13.1. The van der Waals surface area contributed by atoms with Crippen molar-refractivity contribution in [1.29, 1.82) is 0 Å². The highest BCUT2D eigenvalue weighted by Crippen LogP contribution is 2.29. The molecule has 6 heteroatoms. The summed E-state index contributed by atoms with van der Waals surface area (Å²) in [5.74, 6) is -0.451. The maximum Gasteiger partial charge on any atom is 0.360 e.